The Balaban J connectivity index is 1.55. The number of nitro groups is 1. The number of aliphatic hydroxyl groups is 1. The number of hydrogen-bond acceptors (Lipinski definition) is 11. The van der Waals surface area contributed by atoms with Gasteiger partial charge in [0, 0.05) is 17.9 Å². The van der Waals surface area contributed by atoms with Gasteiger partial charge in [0.05, 0.1) is 32.1 Å². The first-order valence-electron chi connectivity index (χ1n) is 11.3. The van der Waals surface area contributed by atoms with Crippen molar-refractivity contribution in [3.05, 3.63) is 103 Å². The fourth-order valence-corrected chi connectivity index (χ4v) is 6.86. The average molecular weight is 584 g/mol. The lowest BCUT2D eigenvalue weighted by molar-refractivity contribution is -0.384. The first-order valence-corrected chi connectivity index (χ1v) is 14.0. The van der Waals surface area contributed by atoms with E-state index in [1.54, 1.807) is 32.0 Å². The number of aryl methyl sites for hydroxylation is 2. The number of thioether (sulfide) groups is 1. The van der Waals surface area contributed by atoms with Gasteiger partial charge in [-0.2, -0.15) is 0 Å². The largest absolute Gasteiger partial charge is 0.503 e. The predicted octanol–water partition coefficient (Wildman–Crippen LogP) is 5.73. The molecule has 0 saturated heterocycles. The van der Waals surface area contributed by atoms with Gasteiger partial charge < -0.3 is 5.11 Å². The third-order valence-electron chi connectivity index (χ3n) is 5.87. The Labute approximate surface area is 233 Å². The molecule has 1 N–H and O–H groups in total. The normalized spacial score (nSPS) is 15.3. The van der Waals surface area contributed by atoms with Gasteiger partial charge in [-0.3, -0.25) is 24.6 Å². The number of nitrogens with zero attached hydrogens (tertiary/aromatic N) is 5. The van der Waals surface area contributed by atoms with Gasteiger partial charge in [-0.15, -0.1) is 21.5 Å². The Morgan fingerprint density at radius 2 is 1.95 bits per heavy atom. The van der Waals surface area contributed by atoms with E-state index in [1.165, 1.54) is 42.1 Å². The highest BCUT2D eigenvalue weighted by molar-refractivity contribution is 8.00. The Morgan fingerprint density at radius 1 is 1.18 bits per heavy atom. The van der Waals surface area contributed by atoms with Gasteiger partial charge in [-0.1, -0.05) is 53.4 Å². The first-order chi connectivity index (χ1) is 18.7. The number of carbonyl (C=O) groups excluding carboxylic acids is 2. The molecule has 14 heteroatoms. The zero-order chi connectivity index (χ0) is 27.8. The number of nitro benzene ring substituents is 1. The molecule has 1 aliphatic heterocycles. The van der Waals surface area contributed by atoms with Crippen LogP contribution in [0.3, 0.4) is 0 Å². The van der Waals surface area contributed by atoms with Gasteiger partial charge in [-0.25, -0.2) is 9.37 Å². The van der Waals surface area contributed by atoms with E-state index >= 15 is 0 Å². The molecule has 1 unspecified atom stereocenters. The van der Waals surface area contributed by atoms with Crippen LogP contribution < -0.4 is 4.90 Å². The molecular weight excluding hydrogens is 566 g/mol. The van der Waals surface area contributed by atoms with E-state index in [0.29, 0.717) is 20.6 Å². The van der Waals surface area contributed by atoms with Gasteiger partial charge >= 0.3 is 0 Å². The summed E-state index contributed by atoms with van der Waals surface area (Å²) in [5.74, 6) is -2.38. The average Bonchev–Trinajstić information content (AvgIpc) is 3.59. The number of carbonyl (C=O) groups is 2. The highest BCUT2D eigenvalue weighted by Crippen LogP contribution is 2.45. The van der Waals surface area contributed by atoms with Crippen molar-refractivity contribution in [3.63, 3.8) is 0 Å². The van der Waals surface area contributed by atoms with Crippen LogP contribution in [0.4, 0.5) is 15.2 Å². The monoisotopic (exact) mass is 583 g/mol. The van der Waals surface area contributed by atoms with Crippen LogP contribution >= 0.6 is 34.4 Å². The van der Waals surface area contributed by atoms with Crippen LogP contribution in [-0.2, 0) is 10.5 Å². The summed E-state index contributed by atoms with van der Waals surface area (Å²) >= 11 is 3.35. The molecule has 2 aromatic carbocycles. The maximum absolute atomic E-state index is 14.0. The second kappa shape index (κ2) is 10.6. The van der Waals surface area contributed by atoms with Crippen molar-refractivity contribution in [1.29, 1.82) is 0 Å². The summed E-state index contributed by atoms with van der Waals surface area (Å²) in [4.78, 5) is 43.6. The summed E-state index contributed by atoms with van der Waals surface area (Å²) in [6.07, 6.45) is 0. The van der Waals surface area contributed by atoms with Crippen molar-refractivity contribution in [1.82, 2.24) is 15.2 Å². The fourth-order valence-electron chi connectivity index (χ4n) is 4.14. The highest BCUT2D eigenvalue weighted by atomic mass is 32.2. The number of aromatic nitrogens is 3. The molecule has 0 fully saturated rings. The van der Waals surface area contributed by atoms with Crippen molar-refractivity contribution in [2.45, 2.75) is 30.0 Å². The topological polar surface area (TPSA) is 139 Å². The third-order valence-corrected chi connectivity index (χ3v) is 9.05. The van der Waals surface area contributed by atoms with E-state index < -0.39 is 28.4 Å². The smallest absolute Gasteiger partial charge is 0.296 e. The Hall–Kier alpha value is -4.01. The van der Waals surface area contributed by atoms with Crippen molar-refractivity contribution in [2.24, 2.45) is 0 Å². The molecule has 0 saturated carbocycles. The minimum Gasteiger partial charge on any atom is -0.503 e. The van der Waals surface area contributed by atoms with E-state index in [9.17, 15) is 29.2 Å². The third kappa shape index (κ3) is 5.05. The molecule has 39 heavy (non-hydrogen) atoms. The zero-order valence-corrected chi connectivity index (χ0v) is 22.8. The molecule has 5 rings (SSSR count). The molecule has 0 spiro atoms. The van der Waals surface area contributed by atoms with Gasteiger partial charge in [0.1, 0.15) is 5.82 Å². The highest BCUT2D eigenvalue weighted by Gasteiger charge is 2.47. The quantitative estimate of drug-likeness (QED) is 0.0905. The molecule has 0 aliphatic carbocycles. The molecule has 0 bridgehead atoms. The van der Waals surface area contributed by atoms with Gasteiger partial charge in [0.25, 0.3) is 11.6 Å². The molecule has 1 amide bonds. The lowest BCUT2D eigenvalue weighted by Crippen LogP contribution is -2.31. The second-order valence-electron chi connectivity index (χ2n) is 8.40. The molecule has 198 valence electrons. The summed E-state index contributed by atoms with van der Waals surface area (Å²) in [5.41, 5.74) is 0.659. The van der Waals surface area contributed by atoms with E-state index in [2.05, 4.69) is 15.2 Å². The maximum atomic E-state index is 14.0. The number of rotatable bonds is 8. The number of anilines is 1. The minimum absolute atomic E-state index is 0.0686. The molecular formula is C25H18FN5O5S3. The van der Waals surface area contributed by atoms with Gasteiger partial charge in [0.2, 0.25) is 10.9 Å². The first kappa shape index (κ1) is 26.6. The summed E-state index contributed by atoms with van der Waals surface area (Å²) < 4.78 is 14.5. The predicted molar refractivity (Wildman–Crippen MR) is 145 cm³/mol. The lowest BCUT2D eigenvalue weighted by Gasteiger charge is -2.23. The Kier molecular flexibility index (Phi) is 7.25. The lowest BCUT2D eigenvalue weighted by atomic mass is 9.95. The molecule has 0 radical (unpaired) electrons. The standard InChI is InChI=1S/C25H18FN5O5S3/c1-12-22(38-13(2)27-12)20(32)18-19(14-7-5-8-16(10-14)31(35)36)30(23(34)21(18)33)24-28-29-25(39-24)37-11-15-6-3-4-9-17(15)26/h3-10,19,33H,11H2,1-2H3. The minimum atomic E-state index is -1.20. The number of benzene rings is 2. The van der Waals surface area contributed by atoms with Crippen molar-refractivity contribution >= 4 is 56.9 Å². The number of hydrogen-bond donors (Lipinski definition) is 1. The summed E-state index contributed by atoms with van der Waals surface area (Å²) in [5, 5.41) is 31.3. The van der Waals surface area contributed by atoms with Crippen molar-refractivity contribution < 1.29 is 24.0 Å². The molecule has 3 heterocycles. The van der Waals surface area contributed by atoms with Crippen molar-refractivity contribution in [3.8, 4) is 0 Å². The summed E-state index contributed by atoms with van der Waals surface area (Å²) in [6.45, 7) is 3.38. The van der Waals surface area contributed by atoms with E-state index in [0.717, 1.165) is 27.6 Å². The second-order valence-corrected chi connectivity index (χ2v) is 11.8. The fraction of sp³-hybridized carbons (Fsp3) is 0.160. The van der Waals surface area contributed by atoms with Crippen molar-refractivity contribution in [2.75, 3.05) is 4.90 Å². The van der Waals surface area contributed by atoms with Crippen LogP contribution in [0.5, 0.6) is 0 Å². The van der Waals surface area contributed by atoms with Crippen LogP contribution in [0.25, 0.3) is 0 Å². The number of Topliss-reactive ketones (excluding diaryl/α,β-unsaturated/α-hetero) is 1. The molecule has 10 nitrogen and oxygen atoms in total. The number of thiazole rings is 1. The van der Waals surface area contributed by atoms with Crippen LogP contribution in [-0.4, -0.2) is 36.9 Å². The van der Waals surface area contributed by atoms with Crippen LogP contribution in [0.2, 0.25) is 0 Å². The van der Waals surface area contributed by atoms with E-state index in [-0.39, 0.29) is 38.4 Å². The van der Waals surface area contributed by atoms with E-state index in [4.69, 9.17) is 0 Å². The number of aliphatic hydroxyl groups excluding tert-OH is 1. The molecule has 1 aliphatic rings. The number of non-ortho nitro benzene ring substituents is 1. The van der Waals surface area contributed by atoms with Crippen LogP contribution in [0.1, 0.15) is 37.5 Å². The maximum Gasteiger partial charge on any atom is 0.296 e. The number of amides is 1. The van der Waals surface area contributed by atoms with Gasteiger partial charge in [-0.05, 0) is 31.0 Å². The van der Waals surface area contributed by atoms with Gasteiger partial charge in [0.15, 0.2) is 10.1 Å². The zero-order valence-electron chi connectivity index (χ0n) is 20.3. The molecule has 2 aromatic heterocycles. The Bertz CT molecular complexity index is 1670. The SMILES string of the molecule is Cc1nc(C)c(C(=O)C2=C(O)C(=O)N(c3nnc(SCc4ccccc4F)s3)C2c2cccc([N+](=O)[O-])c2)s1. The number of halogens is 1. The molecule has 1 atom stereocenters. The summed E-state index contributed by atoms with van der Waals surface area (Å²) in [7, 11) is 0. The van der Waals surface area contributed by atoms with Crippen LogP contribution in [0, 0.1) is 29.8 Å². The van der Waals surface area contributed by atoms with E-state index in [1.807, 2.05) is 0 Å². The molecule has 4 aromatic rings. The summed E-state index contributed by atoms with van der Waals surface area (Å²) in [6, 6.07) is 10.6. The Morgan fingerprint density at radius 3 is 2.64 bits per heavy atom. The number of ketones is 1. The van der Waals surface area contributed by atoms with Crippen LogP contribution in [0.15, 0.2) is 64.2 Å².